The predicted octanol–water partition coefficient (Wildman–Crippen LogP) is 7.40. The topological polar surface area (TPSA) is 116 Å². The molecule has 0 spiro atoms. The van der Waals surface area contributed by atoms with Gasteiger partial charge in [-0.3, -0.25) is 4.57 Å². The molecule has 11 nitrogen and oxygen atoms in total. The average molecular weight is 668 g/mol. The summed E-state index contributed by atoms with van der Waals surface area (Å²) >= 11 is 6.31. The fourth-order valence-corrected chi connectivity index (χ4v) is 5.99. The van der Waals surface area contributed by atoms with E-state index in [1.54, 1.807) is 0 Å². The van der Waals surface area contributed by atoms with Gasteiger partial charge in [0, 0.05) is 20.1 Å². The molecule has 0 amide bonds. The zero-order valence-electron chi connectivity index (χ0n) is 25.8. The maximum atomic E-state index is 12.8. The van der Waals surface area contributed by atoms with E-state index < -0.39 is 50.0 Å². The molecule has 1 fully saturated rings. The van der Waals surface area contributed by atoms with Gasteiger partial charge in [0.05, 0.1) is 18.8 Å². The molecule has 248 valence electrons. The summed E-state index contributed by atoms with van der Waals surface area (Å²) in [5.41, 5.74) is 0.560. The molecule has 1 aliphatic rings. The zero-order chi connectivity index (χ0) is 32.7. The van der Waals surface area contributed by atoms with Crippen LogP contribution in [0.3, 0.4) is 0 Å². The lowest BCUT2D eigenvalue weighted by Gasteiger charge is -2.43. The molecular weight excluding hydrogens is 627 g/mol. The third kappa shape index (κ3) is 10.7. The number of benzene rings is 1. The number of rotatable bonds is 15. The highest BCUT2D eigenvalue weighted by atomic mass is 35.5. The molecule has 1 aromatic heterocycles. The Balaban J connectivity index is 2.03. The molecule has 2 aromatic rings. The standard InChI is InChI=1S/C28H41ClF3N3O8Si/c1-27(2,3)44(5,6)43-22(15-21(40-18-38-4)19-10-12-20(13-11-19)42-28(30,31)32)23(41-25-9-7-8-14-39-25)16-34-17-24(35(36)37)33-26(34)29/h10-13,17,21-23,25H,7-9,14-16,18H2,1-6H3. The van der Waals surface area contributed by atoms with Gasteiger partial charge >= 0.3 is 17.5 Å². The number of alkyl halides is 3. The summed E-state index contributed by atoms with van der Waals surface area (Å²) in [4.78, 5) is 14.6. The Labute approximate surface area is 261 Å². The van der Waals surface area contributed by atoms with Gasteiger partial charge < -0.3 is 38.2 Å². The molecule has 4 atom stereocenters. The van der Waals surface area contributed by atoms with Gasteiger partial charge in [-0.2, -0.15) is 0 Å². The summed E-state index contributed by atoms with van der Waals surface area (Å²) < 4.78 is 74.3. The first-order chi connectivity index (χ1) is 20.5. The lowest BCUT2D eigenvalue weighted by molar-refractivity contribution is -0.389. The van der Waals surface area contributed by atoms with Crippen molar-refractivity contribution in [2.75, 3.05) is 20.5 Å². The Morgan fingerprint density at radius 1 is 1.18 bits per heavy atom. The van der Waals surface area contributed by atoms with Gasteiger partial charge in [-0.1, -0.05) is 32.9 Å². The van der Waals surface area contributed by atoms with E-state index in [2.05, 4.69) is 43.6 Å². The molecule has 1 aromatic carbocycles. The Morgan fingerprint density at radius 3 is 2.39 bits per heavy atom. The second kappa shape index (κ2) is 15.3. The largest absolute Gasteiger partial charge is 0.573 e. The third-order valence-corrected chi connectivity index (χ3v) is 12.5. The summed E-state index contributed by atoms with van der Waals surface area (Å²) in [5.74, 6) is -0.778. The van der Waals surface area contributed by atoms with E-state index in [-0.39, 0.29) is 35.8 Å². The van der Waals surface area contributed by atoms with Crippen LogP contribution in [-0.4, -0.2) is 68.2 Å². The van der Waals surface area contributed by atoms with E-state index in [4.69, 9.17) is 35.0 Å². The molecule has 0 N–H and O–H groups in total. The van der Waals surface area contributed by atoms with Crippen molar-refractivity contribution in [3.8, 4) is 5.75 Å². The van der Waals surface area contributed by atoms with Crippen LogP contribution >= 0.6 is 11.6 Å². The van der Waals surface area contributed by atoms with Crippen LogP contribution < -0.4 is 4.74 Å². The maximum absolute atomic E-state index is 12.8. The van der Waals surface area contributed by atoms with Crippen molar-refractivity contribution >= 4 is 25.7 Å². The minimum Gasteiger partial charge on any atom is -0.411 e. The van der Waals surface area contributed by atoms with Crippen molar-refractivity contribution in [3.05, 3.63) is 51.4 Å². The lowest BCUT2D eigenvalue weighted by Crippen LogP contribution is -2.50. The number of nitrogens with zero attached hydrogens (tertiary/aromatic N) is 3. The summed E-state index contributed by atoms with van der Waals surface area (Å²) in [7, 11) is -1.03. The Bertz CT molecular complexity index is 1200. The molecule has 0 radical (unpaired) electrons. The Hall–Kier alpha value is -2.27. The van der Waals surface area contributed by atoms with Crippen LogP contribution in [0.25, 0.3) is 0 Å². The molecular formula is C28H41ClF3N3O8Si. The van der Waals surface area contributed by atoms with Gasteiger partial charge in [0.2, 0.25) is 0 Å². The summed E-state index contributed by atoms with van der Waals surface area (Å²) in [6.07, 6.45) is -3.61. The first-order valence-corrected chi connectivity index (χ1v) is 17.6. The Kier molecular flexibility index (Phi) is 12.6. The van der Waals surface area contributed by atoms with E-state index in [0.29, 0.717) is 18.6 Å². The average Bonchev–Trinajstić information content (AvgIpc) is 3.30. The maximum Gasteiger partial charge on any atom is 0.573 e. The van der Waals surface area contributed by atoms with E-state index >= 15 is 0 Å². The van der Waals surface area contributed by atoms with Gasteiger partial charge in [-0.25, -0.2) is 0 Å². The van der Waals surface area contributed by atoms with Crippen molar-refractivity contribution < 1.29 is 46.2 Å². The molecule has 44 heavy (non-hydrogen) atoms. The summed E-state index contributed by atoms with van der Waals surface area (Å²) in [6, 6.07) is 5.40. The first-order valence-electron chi connectivity index (χ1n) is 14.3. The van der Waals surface area contributed by atoms with Crippen LogP contribution in [0.5, 0.6) is 5.75 Å². The molecule has 0 bridgehead atoms. The van der Waals surface area contributed by atoms with Crippen molar-refractivity contribution in [1.82, 2.24) is 9.55 Å². The molecule has 0 aliphatic carbocycles. The number of aromatic nitrogens is 2. The second-order valence-electron chi connectivity index (χ2n) is 12.1. The number of ether oxygens (including phenoxy) is 5. The minimum atomic E-state index is -4.83. The quantitative estimate of drug-likeness (QED) is 0.0829. The van der Waals surface area contributed by atoms with Gasteiger partial charge in [0.25, 0.3) is 0 Å². The van der Waals surface area contributed by atoms with Crippen molar-refractivity contribution in [2.24, 2.45) is 0 Å². The van der Waals surface area contributed by atoms with Crippen LogP contribution in [0, 0.1) is 10.1 Å². The molecule has 1 aliphatic heterocycles. The fourth-order valence-electron chi connectivity index (χ4n) is 4.43. The van der Waals surface area contributed by atoms with Crippen molar-refractivity contribution in [1.29, 1.82) is 0 Å². The number of nitro groups is 1. The lowest BCUT2D eigenvalue weighted by atomic mass is 9.99. The van der Waals surface area contributed by atoms with Crippen molar-refractivity contribution in [2.45, 2.75) is 102 Å². The monoisotopic (exact) mass is 667 g/mol. The molecule has 16 heteroatoms. The van der Waals surface area contributed by atoms with Gasteiger partial charge in [-0.15, -0.1) is 13.2 Å². The second-order valence-corrected chi connectivity index (χ2v) is 17.2. The van der Waals surface area contributed by atoms with Crippen molar-refractivity contribution in [3.63, 3.8) is 0 Å². The molecule has 0 saturated carbocycles. The van der Waals surface area contributed by atoms with E-state index in [0.717, 1.165) is 12.8 Å². The predicted molar refractivity (Wildman–Crippen MR) is 158 cm³/mol. The number of hydrogen-bond donors (Lipinski definition) is 0. The number of hydrogen-bond acceptors (Lipinski definition) is 9. The van der Waals surface area contributed by atoms with Crippen LogP contribution in [0.15, 0.2) is 30.5 Å². The van der Waals surface area contributed by atoms with Crippen LogP contribution in [-0.2, 0) is 29.9 Å². The third-order valence-electron chi connectivity index (χ3n) is 7.73. The van der Waals surface area contributed by atoms with E-state index in [1.807, 2.05) is 0 Å². The van der Waals surface area contributed by atoms with Gasteiger partial charge in [0.15, 0.2) is 14.6 Å². The fraction of sp³-hybridized carbons (Fsp3) is 0.679. The highest BCUT2D eigenvalue weighted by Gasteiger charge is 2.43. The molecule has 4 unspecified atom stereocenters. The van der Waals surface area contributed by atoms with Crippen LogP contribution in [0.4, 0.5) is 19.0 Å². The highest BCUT2D eigenvalue weighted by Crippen LogP contribution is 2.40. The van der Waals surface area contributed by atoms with E-state index in [1.165, 1.54) is 42.1 Å². The smallest absolute Gasteiger partial charge is 0.411 e. The van der Waals surface area contributed by atoms with Gasteiger partial charge in [-0.05, 0) is 76.6 Å². The van der Waals surface area contributed by atoms with Crippen LogP contribution in [0.2, 0.25) is 23.4 Å². The molecule has 1 saturated heterocycles. The summed E-state index contributed by atoms with van der Waals surface area (Å²) in [5, 5.41) is 11.1. The summed E-state index contributed by atoms with van der Waals surface area (Å²) in [6.45, 7) is 10.9. The molecule has 2 heterocycles. The number of halogens is 4. The van der Waals surface area contributed by atoms with Gasteiger partial charge in [0.1, 0.15) is 24.8 Å². The van der Waals surface area contributed by atoms with Crippen LogP contribution in [0.1, 0.15) is 58.1 Å². The van der Waals surface area contributed by atoms with E-state index in [9.17, 15) is 23.3 Å². The first kappa shape index (κ1) is 36.2. The highest BCUT2D eigenvalue weighted by molar-refractivity contribution is 6.74. The number of imidazole rings is 1. The SMILES string of the molecule is COCOC(CC(O[Si](C)(C)C(C)(C)C)C(Cn1cc([N+](=O)[O-])nc1Cl)OC1CCCCO1)c1ccc(OC(F)(F)F)cc1. The number of methoxy groups -OCH3 is 1. The Morgan fingerprint density at radius 2 is 1.86 bits per heavy atom. The normalized spacial score (nSPS) is 18.5. The minimum absolute atomic E-state index is 0.0498. The molecule has 3 rings (SSSR count). The zero-order valence-corrected chi connectivity index (χ0v) is 27.5.